The lowest BCUT2D eigenvalue weighted by Gasteiger charge is -2.04. The number of hydrogen-bond donors (Lipinski definition) is 0. The van der Waals surface area contributed by atoms with Crippen molar-refractivity contribution in [3.8, 4) is 61.9 Å². The molecule has 21 aromatic rings. The quantitative estimate of drug-likeness (QED) is 0.149. The molecular formula is C73H51N28OS+5. The van der Waals surface area contributed by atoms with E-state index < -0.39 is 6.98 Å². The number of imidazole rings is 8. The van der Waals surface area contributed by atoms with Crippen molar-refractivity contribution >= 4 is 95.3 Å². The van der Waals surface area contributed by atoms with Crippen molar-refractivity contribution < 1.29 is 31.4 Å². The summed E-state index contributed by atoms with van der Waals surface area (Å²) >= 11 is 1.76. The van der Waals surface area contributed by atoms with Gasteiger partial charge in [-0.25, -0.2) is 45.8 Å². The second-order valence-corrected chi connectivity index (χ2v) is 26.0. The van der Waals surface area contributed by atoms with Crippen LogP contribution in [0.25, 0.3) is 146 Å². The normalized spacial score (nSPS) is 13.5. The average Bonchev–Trinajstić information content (AvgIpc) is 1.55. The number of rotatable bonds is 1. The van der Waals surface area contributed by atoms with Crippen molar-refractivity contribution in [1.29, 1.82) is 0 Å². The van der Waals surface area contributed by atoms with Crippen molar-refractivity contribution in [2.75, 3.05) is 0 Å². The van der Waals surface area contributed by atoms with Crippen molar-refractivity contribution in [2.45, 2.75) is 32.7 Å². The Bertz CT molecular complexity index is 7090. The van der Waals surface area contributed by atoms with Crippen LogP contribution in [0, 0.1) is 0 Å². The zero-order chi connectivity index (χ0) is 70.2. The van der Waals surface area contributed by atoms with Crippen molar-refractivity contribution in [2.24, 2.45) is 14.0 Å². The minimum Gasteiger partial charge on any atom is -0.396 e. The molecule has 0 bridgehead atoms. The number of aryl methyl sites for hydroxylation is 2. The van der Waals surface area contributed by atoms with Gasteiger partial charge in [0.25, 0.3) is 39.5 Å². The van der Waals surface area contributed by atoms with E-state index in [4.69, 9.17) is 18.5 Å². The smallest absolute Gasteiger partial charge is 0.390 e. The monoisotopic (exact) mass is 1370 g/mol. The predicted octanol–water partition coefficient (Wildman–Crippen LogP) is 7.09. The average molecular weight is 1370 g/mol. The Morgan fingerprint density at radius 3 is 1.74 bits per heavy atom. The van der Waals surface area contributed by atoms with Crippen molar-refractivity contribution in [3.63, 3.8) is 0 Å². The van der Waals surface area contributed by atoms with E-state index in [2.05, 4.69) is 155 Å². The number of hydrogen-bond acceptors (Lipinski definition) is 17. The van der Waals surface area contributed by atoms with Gasteiger partial charge in [-0.15, -0.1) is 0 Å². The predicted molar refractivity (Wildman–Crippen MR) is 373 cm³/mol. The van der Waals surface area contributed by atoms with Gasteiger partial charge < -0.3 is 4.42 Å². The molecule has 0 N–H and O–H groups in total. The first-order valence-corrected chi connectivity index (χ1v) is 33.8. The molecular weight excluding hydrogens is 1320 g/mol. The van der Waals surface area contributed by atoms with E-state index in [0.29, 0.717) is 30.2 Å². The van der Waals surface area contributed by atoms with Gasteiger partial charge in [-0.3, -0.25) is 53.7 Å². The molecule has 5 aliphatic rings. The molecule has 25 heterocycles. The fourth-order valence-corrected chi connectivity index (χ4v) is 16.3. The summed E-state index contributed by atoms with van der Waals surface area (Å²) in [5, 5.41) is 1.24. The van der Waals surface area contributed by atoms with Crippen LogP contribution in [0.3, 0.4) is 0 Å². The van der Waals surface area contributed by atoms with Crippen LogP contribution in [0.15, 0.2) is 219 Å². The minimum atomic E-state index is -2.33. The second kappa shape index (κ2) is 21.7. The summed E-state index contributed by atoms with van der Waals surface area (Å²) in [6.45, 7) is 1.22. The molecule has 0 fully saturated rings. The zero-order valence-electron chi connectivity index (χ0n) is 57.1. The second-order valence-electron chi connectivity index (χ2n) is 25.1. The van der Waals surface area contributed by atoms with Gasteiger partial charge >= 0.3 is 28.5 Å². The Hall–Kier alpha value is -14.2. The summed E-state index contributed by atoms with van der Waals surface area (Å²) in [5.41, 5.74) is 23.7. The van der Waals surface area contributed by atoms with E-state index in [9.17, 15) is 0 Å². The zero-order valence-corrected chi connectivity index (χ0v) is 54.9. The van der Waals surface area contributed by atoms with Crippen molar-refractivity contribution in [3.05, 3.63) is 243 Å². The number of nitrogens with zero attached hydrogens (tertiary/aromatic N) is 28. The Morgan fingerprint density at radius 1 is 0.437 bits per heavy atom. The Labute approximate surface area is 586 Å². The molecule has 103 heavy (non-hydrogen) atoms. The molecule has 30 heteroatoms. The molecule has 490 valence electrons. The third-order valence-electron chi connectivity index (χ3n) is 19.5. The Balaban J connectivity index is 0.0000000830. The topological polar surface area (TPSA) is 263 Å². The highest BCUT2D eigenvalue weighted by atomic mass is 32.1. The molecule has 0 radical (unpaired) electrons. The lowest BCUT2D eigenvalue weighted by Crippen LogP contribution is -2.32. The molecule has 1 aromatic carbocycles. The first-order valence-electron chi connectivity index (χ1n) is 34.4. The minimum absolute atomic E-state index is 0.433. The summed E-state index contributed by atoms with van der Waals surface area (Å²) in [5.74, 6) is 3.73. The van der Waals surface area contributed by atoms with Crippen LogP contribution in [0.2, 0.25) is 0 Å². The summed E-state index contributed by atoms with van der Waals surface area (Å²) < 4.78 is 56.3. The van der Waals surface area contributed by atoms with Gasteiger partial charge in [-0.1, -0.05) is 34.5 Å². The van der Waals surface area contributed by atoms with Gasteiger partial charge in [-0.05, 0) is 82.8 Å². The Kier molecular flexibility index (Phi) is 11.3. The van der Waals surface area contributed by atoms with Gasteiger partial charge in [0, 0.05) is 80.4 Å². The fraction of sp³-hybridized carbons (Fsp3) is 0.0959. The highest BCUT2D eigenvalue weighted by molar-refractivity contribution is 7.20. The largest absolute Gasteiger partial charge is 0.396 e. The molecule has 26 rings (SSSR count). The van der Waals surface area contributed by atoms with Crippen LogP contribution in [-0.2, 0) is 46.7 Å². The van der Waals surface area contributed by atoms with Crippen LogP contribution < -0.4 is 22.8 Å². The summed E-state index contributed by atoms with van der Waals surface area (Å²) in [6, 6.07) is 32.1. The maximum Gasteiger partial charge on any atom is 0.390 e. The maximum absolute atomic E-state index is 7.95. The van der Waals surface area contributed by atoms with Crippen LogP contribution in [0.5, 0.6) is 0 Å². The molecule has 5 aliphatic heterocycles. The third kappa shape index (κ3) is 8.27. The standard InChI is InChI=1S/C19H13N6.2C14H11N6.C13H8N5O.C13H8N5S/c1-2-5-13(6-3-1)25-18-14-7-4-8-21-15(14)12-24(18)17-19(25)23-10-9-20-11-16(23)22-17;1-18-12-14(20-8-15-6-4-11(20)17-12)19-7-10-9(13(18)19)3-2-5-16-10;1-18-13-9-3-2-4-16-10(9)8-20(13)12-14(18)19-6-5-15-7-11(19)17-12;2*1-2-8-9(15-3-1)7-18-11-13(19-12(8)18)17-5-4-14-6-10(17)16-11/h1-11H,12H2;2-6,8H,7H2,1H3;2-7H,8H2,1H3;2*1-6H,7H2/q5*+1/i;1D3;;;. The molecule has 29 nitrogen and oxygen atoms in total. The molecule has 0 saturated heterocycles. The van der Waals surface area contributed by atoms with Gasteiger partial charge in [0.15, 0.2) is 11.3 Å². The van der Waals surface area contributed by atoms with Crippen LogP contribution >= 0.6 is 11.3 Å². The van der Waals surface area contributed by atoms with Gasteiger partial charge in [0.05, 0.1) is 112 Å². The summed E-state index contributed by atoms with van der Waals surface area (Å²) in [6.07, 6.45) is 34.3. The van der Waals surface area contributed by atoms with Gasteiger partial charge in [0.2, 0.25) is 39.2 Å². The SMILES string of the molecule is C[n+]1c2n(c3nc4cnccn4c31)Cc1ncccc1-2.[2H]C([2H])([2H])n1c2[n+](c3c1nc1ccncn13)Cc1ncccc1-2.c1ccc(-n2c3[n+](c4nc5cnccn5c42)Cc2ncccc2-3)cc1.c1cnc2c(c1)-c1oc3c(nc4cnccn43)[n+]1C2.c1cnc2c(c1)-c1sc3c(nc4cnccn43)[n+]1C2. The molecule has 20 aromatic heterocycles. The number of fused-ring (bicyclic) bond motifs is 35. The fourth-order valence-electron chi connectivity index (χ4n) is 15.1. The molecule has 0 spiro atoms. The first-order chi connectivity index (χ1) is 52.1. The molecule has 0 aliphatic carbocycles. The van der Waals surface area contributed by atoms with Crippen LogP contribution in [0.4, 0.5) is 0 Å². The van der Waals surface area contributed by atoms with Crippen LogP contribution in [0.1, 0.15) is 32.6 Å². The number of aromatic nitrogens is 28. The van der Waals surface area contributed by atoms with Crippen molar-refractivity contribution in [1.82, 2.24) is 110 Å². The van der Waals surface area contributed by atoms with E-state index in [0.717, 1.165) is 156 Å². The Morgan fingerprint density at radius 2 is 1.00 bits per heavy atom. The van der Waals surface area contributed by atoms with Gasteiger partial charge in [-0.2, -0.15) is 18.9 Å². The summed E-state index contributed by atoms with van der Waals surface area (Å²) in [4.78, 5) is 67.4. The number of para-hydroxylation sites is 1. The molecule has 0 atom stereocenters. The molecule has 0 unspecified atom stereocenters. The van der Waals surface area contributed by atoms with E-state index in [-0.39, 0.29) is 0 Å². The number of pyridine rings is 5. The van der Waals surface area contributed by atoms with E-state index >= 15 is 0 Å². The number of oxazole rings is 1. The summed E-state index contributed by atoms with van der Waals surface area (Å²) in [7, 11) is 2.07. The van der Waals surface area contributed by atoms with Crippen LogP contribution in [-0.4, -0.2) is 110 Å². The number of thiazole rings is 1. The molecule has 0 saturated carbocycles. The first kappa shape index (κ1) is 53.8. The highest BCUT2D eigenvalue weighted by Crippen LogP contribution is 2.38. The number of benzene rings is 1. The highest BCUT2D eigenvalue weighted by Gasteiger charge is 2.40. The lowest BCUT2D eigenvalue weighted by atomic mass is 10.2. The van der Waals surface area contributed by atoms with E-state index in [1.165, 1.54) is 25.5 Å². The molecule has 0 amide bonds. The lowest BCUT2D eigenvalue weighted by molar-refractivity contribution is -0.651. The maximum atomic E-state index is 7.95. The van der Waals surface area contributed by atoms with Gasteiger partial charge in [0.1, 0.15) is 38.4 Å². The third-order valence-corrected chi connectivity index (χ3v) is 20.7. The van der Waals surface area contributed by atoms with E-state index in [1.807, 2.05) is 105 Å². The van der Waals surface area contributed by atoms with E-state index in [1.54, 1.807) is 91.9 Å².